The fourth-order valence-corrected chi connectivity index (χ4v) is 9.59. The Morgan fingerprint density at radius 1 is 0.792 bits per heavy atom. The summed E-state index contributed by atoms with van der Waals surface area (Å²) in [6.07, 6.45) is -8.24. The summed E-state index contributed by atoms with van der Waals surface area (Å²) in [5.41, 5.74) is -6.15. The third-order valence-corrected chi connectivity index (χ3v) is 11.8. The van der Waals surface area contributed by atoms with Crippen molar-refractivity contribution in [2.75, 3.05) is 6.61 Å². The number of esters is 5. The molecule has 53 heavy (non-hydrogen) atoms. The van der Waals surface area contributed by atoms with Crippen LogP contribution in [0.1, 0.15) is 82.0 Å². The Kier molecular flexibility index (Phi) is 9.84. The van der Waals surface area contributed by atoms with Crippen LogP contribution < -0.4 is 0 Å². The van der Waals surface area contributed by atoms with E-state index in [-0.39, 0.29) is 36.1 Å². The normalized spacial score (nSPS) is 34.5. The highest BCUT2D eigenvalue weighted by Crippen LogP contribution is 2.68. The highest BCUT2D eigenvalue weighted by atomic mass is 16.6. The van der Waals surface area contributed by atoms with E-state index in [9.17, 15) is 34.2 Å². The number of benzene rings is 2. The Morgan fingerprint density at radius 2 is 1.34 bits per heavy atom. The molecule has 1 unspecified atom stereocenters. The van der Waals surface area contributed by atoms with Gasteiger partial charge in [0.05, 0.1) is 40.1 Å². The van der Waals surface area contributed by atoms with Crippen molar-refractivity contribution in [2.24, 2.45) is 16.7 Å². The van der Waals surface area contributed by atoms with E-state index in [1.165, 1.54) is 27.7 Å². The van der Waals surface area contributed by atoms with E-state index in [4.69, 9.17) is 28.4 Å². The van der Waals surface area contributed by atoms with Crippen LogP contribution in [0.25, 0.3) is 0 Å². The van der Waals surface area contributed by atoms with E-state index in [0.29, 0.717) is 5.57 Å². The molecule has 2 saturated carbocycles. The zero-order valence-electron chi connectivity index (χ0n) is 30.8. The summed E-state index contributed by atoms with van der Waals surface area (Å²) in [4.78, 5) is 66.8. The standard InChI is InChI=1S/C40H46O13/c1-21-27(49-22(2)41)19-39(37(5,6)47)30(21)31(44)33(50-23(3)42)38(7)28(51-35(45)25-14-10-8-11-15-25)18-29-40(20-48-29,53-24(4)43)32(38)34(39)52-36(46)26-16-12-9-13-17-26/h8-17,27-29,31-34,44,47H,18-20H2,1-7H3/t27-,28+,29+,31-,32?,33+,34-,38-,39-,40-/m1/s1. The molecule has 4 aliphatic rings. The van der Waals surface area contributed by atoms with Gasteiger partial charge in [0.15, 0.2) is 5.60 Å². The van der Waals surface area contributed by atoms with Crippen molar-refractivity contribution in [3.8, 4) is 0 Å². The van der Waals surface area contributed by atoms with Gasteiger partial charge in [0.1, 0.15) is 36.6 Å². The van der Waals surface area contributed by atoms with Crippen molar-refractivity contribution >= 4 is 29.8 Å². The lowest BCUT2D eigenvalue weighted by molar-refractivity contribution is -0.350. The second-order valence-corrected chi connectivity index (χ2v) is 15.3. The number of carbonyl (C=O) groups excluding carboxylic acids is 5. The second-order valence-electron chi connectivity index (χ2n) is 15.3. The molecule has 13 heteroatoms. The Morgan fingerprint density at radius 3 is 1.81 bits per heavy atom. The molecule has 0 amide bonds. The summed E-state index contributed by atoms with van der Waals surface area (Å²) in [5.74, 6) is -4.96. The Bertz CT molecular complexity index is 1820. The van der Waals surface area contributed by atoms with Crippen LogP contribution in [0.5, 0.6) is 0 Å². The number of carbonyl (C=O) groups is 5. The van der Waals surface area contributed by atoms with Crippen molar-refractivity contribution in [2.45, 2.75) is 109 Å². The van der Waals surface area contributed by atoms with E-state index in [1.807, 2.05) is 0 Å². The summed E-state index contributed by atoms with van der Waals surface area (Å²) >= 11 is 0. The van der Waals surface area contributed by atoms with E-state index < -0.39 is 94.4 Å². The van der Waals surface area contributed by atoms with E-state index in [2.05, 4.69) is 0 Å². The van der Waals surface area contributed by atoms with E-state index in [1.54, 1.807) is 74.5 Å². The topological polar surface area (TPSA) is 181 Å². The van der Waals surface area contributed by atoms with Gasteiger partial charge in [-0.2, -0.15) is 0 Å². The molecule has 1 aliphatic heterocycles. The fourth-order valence-electron chi connectivity index (χ4n) is 9.59. The molecular weight excluding hydrogens is 688 g/mol. The number of hydrogen-bond acceptors (Lipinski definition) is 13. The van der Waals surface area contributed by atoms with Crippen LogP contribution in [0.4, 0.5) is 0 Å². The number of aliphatic hydroxyl groups is 2. The average Bonchev–Trinajstić information content (AvgIpc) is 3.35. The molecule has 2 aromatic rings. The van der Waals surface area contributed by atoms with Crippen molar-refractivity contribution < 1.29 is 62.6 Å². The predicted molar refractivity (Wildman–Crippen MR) is 185 cm³/mol. The molecule has 6 rings (SSSR count). The van der Waals surface area contributed by atoms with Crippen molar-refractivity contribution in [3.63, 3.8) is 0 Å². The fraction of sp³-hybridized carbons (Fsp3) is 0.525. The summed E-state index contributed by atoms with van der Waals surface area (Å²) in [6, 6.07) is 16.3. The molecule has 2 N–H and O–H groups in total. The lowest BCUT2D eigenvalue weighted by Gasteiger charge is -2.65. The molecule has 0 radical (unpaired) electrons. The van der Waals surface area contributed by atoms with Gasteiger partial charge in [-0.25, -0.2) is 9.59 Å². The summed E-state index contributed by atoms with van der Waals surface area (Å²) in [7, 11) is 0. The monoisotopic (exact) mass is 734 g/mol. The SMILES string of the molecule is CC(=O)O[C@@H]1C[C@@]2(C(C)(C)O)C(=C1C)[C@@H](O)[C@H](OC(C)=O)[C@@]1(C)C([C@H]2OC(=O)c2ccccc2)[C@@]2(OC(C)=O)CO[C@H]2C[C@@H]1OC(=O)c1ccccc1. The van der Waals surface area contributed by atoms with Crippen LogP contribution in [-0.4, -0.2) is 94.5 Å². The zero-order valence-corrected chi connectivity index (χ0v) is 30.8. The molecule has 1 saturated heterocycles. The number of fused-ring (bicyclic) bond motifs is 4. The first-order chi connectivity index (χ1) is 24.9. The third-order valence-electron chi connectivity index (χ3n) is 11.8. The second kappa shape index (κ2) is 13.7. The maximum atomic E-state index is 14.3. The molecule has 2 aromatic carbocycles. The first-order valence-corrected chi connectivity index (χ1v) is 17.7. The van der Waals surface area contributed by atoms with Gasteiger partial charge in [-0.05, 0) is 56.2 Å². The first-order valence-electron chi connectivity index (χ1n) is 17.7. The molecular formula is C40H46O13. The summed E-state index contributed by atoms with van der Waals surface area (Å²) < 4.78 is 37.1. The predicted octanol–water partition coefficient (Wildman–Crippen LogP) is 3.88. The van der Waals surface area contributed by atoms with Gasteiger partial charge in [-0.15, -0.1) is 0 Å². The number of rotatable bonds is 8. The van der Waals surface area contributed by atoms with Gasteiger partial charge in [0.25, 0.3) is 0 Å². The molecule has 0 spiro atoms. The van der Waals surface area contributed by atoms with Crippen molar-refractivity contribution in [3.05, 3.63) is 82.9 Å². The summed E-state index contributed by atoms with van der Waals surface area (Å²) in [5, 5.41) is 25.3. The van der Waals surface area contributed by atoms with Gasteiger partial charge in [0.2, 0.25) is 0 Å². The smallest absolute Gasteiger partial charge is 0.338 e. The minimum atomic E-state index is -1.88. The van der Waals surface area contributed by atoms with E-state index in [0.717, 1.165) is 6.92 Å². The molecule has 0 aromatic heterocycles. The Labute approximate surface area is 307 Å². The van der Waals surface area contributed by atoms with Crippen LogP contribution in [0, 0.1) is 16.7 Å². The molecule has 10 atom stereocenters. The quantitative estimate of drug-likeness (QED) is 0.227. The molecule has 284 valence electrons. The molecule has 3 fully saturated rings. The van der Waals surface area contributed by atoms with E-state index >= 15 is 0 Å². The summed E-state index contributed by atoms with van der Waals surface area (Å²) in [6.45, 7) is 9.64. The minimum absolute atomic E-state index is 0.0632. The maximum absolute atomic E-state index is 14.3. The lowest BCUT2D eigenvalue weighted by Crippen LogP contribution is -2.79. The number of ether oxygens (including phenoxy) is 6. The molecule has 1 heterocycles. The van der Waals surface area contributed by atoms with Crippen molar-refractivity contribution in [1.29, 1.82) is 0 Å². The van der Waals surface area contributed by atoms with Gasteiger partial charge >= 0.3 is 29.8 Å². The Hall–Kier alpha value is -4.59. The molecule has 13 nitrogen and oxygen atoms in total. The highest BCUT2D eigenvalue weighted by molar-refractivity contribution is 5.90. The number of aliphatic hydroxyl groups excluding tert-OH is 1. The van der Waals surface area contributed by atoms with Crippen molar-refractivity contribution in [1.82, 2.24) is 0 Å². The number of hydrogen-bond donors (Lipinski definition) is 2. The molecule has 0 bridgehead atoms. The van der Waals surface area contributed by atoms with Gasteiger partial charge in [-0.3, -0.25) is 14.4 Å². The molecule has 3 aliphatic carbocycles. The van der Waals surface area contributed by atoms with Crippen LogP contribution in [-0.2, 0) is 42.8 Å². The van der Waals surface area contributed by atoms with Crippen LogP contribution in [0.3, 0.4) is 0 Å². The third kappa shape index (κ3) is 6.12. The van der Waals surface area contributed by atoms with Crippen LogP contribution in [0.15, 0.2) is 71.8 Å². The average molecular weight is 735 g/mol. The van der Waals surface area contributed by atoms with Gasteiger partial charge in [-0.1, -0.05) is 43.3 Å². The van der Waals surface area contributed by atoms with Crippen LogP contribution in [0.2, 0.25) is 0 Å². The largest absolute Gasteiger partial charge is 0.459 e. The van der Waals surface area contributed by atoms with Crippen LogP contribution >= 0.6 is 0 Å². The maximum Gasteiger partial charge on any atom is 0.338 e. The van der Waals surface area contributed by atoms with Gasteiger partial charge < -0.3 is 38.6 Å². The minimum Gasteiger partial charge on any atom is -0.459 e. The Balaban J connectivity index is 1.69. The lowest BCUT2D eigenvalue weighted by atomic mass is 9.49. The zero-order chi connectivity index (χ0) is 38.7. The van der Waals surface area contributed by atoms with Gasteiger partial charge in [0, 0.05) is 33.6 Å². The first kappa shape index (κ1) is 38.1. The highest BCUT2D eigenvalue weighted by Gasteiger charge is 2.80.